The van der Waals surface area contributed by atoms with E-state index in [9.17, 15) is 0 Å². The number of hydrogen-bond acceptors (Lipinski definition) is 3. The zero-order chi connectivity index (χ0) is 14.7. The summed E-state index contributed by atoms with van der Waals surface area (Å²) in [7, 11) is 3.70. The van der Waals surface area contributed by atoms with Gasteiger partial charge in [-0.25, -0.2) is 0 Å². The van der Waals surface area contributed by atoms with Crippen molar-refractivity contribution >= 4 is 0 Å². The first kappa shape index (κ1) is 14.1. The minimum Gasteiger partial charge on any atom is -0.495 e. The fraction of sp³-hybridized carbons (Fsp3) is 0.389. The number of rotatable bonds is 5. The Morgan fingerprint density at radius 3 is 2.67 bits per heavy atom. The van der Waals surface area contributed by atoms with Crippen LogP contribution in [0.15, 0.2) is 42.7 Å². The third-order valence-corrected chi connectivity index (χ3v) is 4.49. The topological polar surface area (TPSA) is 34.2 Å². The quantitative estimate of drug-likeness (QED) is 0.908. The van der Waals surface area contributed by atoms with Gasteiger partial charge < -0.3 is 10.1 Å². The molecule has 0 bridgehead atoms. The molecule has 1 atom stereocenters. The Balaban J connectivity index is 2.04. The second kappa shape index (κ2) is 6.27. The number of pyridine rings is 1. The van der Waals surface area contributed by atoms with E-state index in [1.54, 1.807) is 13.3 Å². The third-order valence-electron chi connectivity index (χ3n) is 4.49. The maximum Gasteiger partial charge on any atom is 0.142 e. The number of ether oxygens (including phenoxy) is 1. The van der Waals surface area contributed by atoms with Crippen LogP contribution >= 0.6 is 0 Å². The van der Waals surface area contributed by atoms with Crippen LogP contribution in [-0.4, -0.2) is 19.1 Å². The van der Waals surface area contributed by atoms with Crippen molar-refractivity contribution < 1.29 is 4.74 Å². The summed E-state index contributed by atoms with van der Waals surface area (Å²) in [5.74, 6) is 1.55. The zero-order valence-electron chi connectivity index (χ0n) is 12.7. The minimum atomic E-state index is 0.139. The van der Waals surface area contributed by atoms with Crippen LogP contribution in [0.2, 0.25) is 0 Å². The van der Waals surface area contributed by atoms with Gasteiger partial charge in [0.25, 0.3) is 0 Å². The lowest BCUT2D eigenvalue weighted by molar-refractivity contribution is 0.400. The average molecular weight is 282 g/mol. The fourth-order valence-corrected chi connectivity index (χ4v) is 3.14. The Morgan fingerprint density at radius 1 is 1.19 bits per heavy atom. The number of nitrogens with zero attached hydrogens (tertiary/aromatic N) is 1. The summed E-state index contributed by atoms with van der Waals surface area (Å²) in [4.78, 5) is 4.16. The number of aromatic nitrogens is 1. The van der Waals surface area contributed by atoms with Crippen molar-refractivity contribution in [3.8, 4) is 5.75 Å². The molecule has 2 aromatic rings. The first-order valence-electron chi connectivity index (χ1n) is 7.59. The van der Waals surface area contributed by atoms with E-state index < -0.39 is 0 Å². The average Bonchev–Trinajstić information content (AvgIpc) is 2.48. The molecule has 1 fully saturated rings. The summed E-state index contributed by atoms with van der Waals surface area (Å²) in [6, 6.07) is 11.0. The normalized spacial score (nSPS) is 16.3. The Morgan fingerprint density at radius 2 is 2.00 bits per heavy atom. The summed E-state index contributed by atoms with van der Waals surface area (Å²) in [5, 5.41) is 3.45. The monoisotopic (exact) mass is 282 g/mol. The zero-order valence-corrected chi connectivity index (χ0v) is 12.7. The van der Waals surface area contributed by atoms with Crippen molar-refractivity contribution in [2.45, 2.75) is 31.2 Å². The van der Waals surface area contributed by atoms with E-state index in [0.29, 0.717) is 5.92 Å². The van der Waals surface area contributed by atoms with Crippen molar-refractivity contribution in [1.82, 2.24) is 10.3 Å². The van der Waals surface area contributed by atoms with Gasteiger partial charge in [-0.05, 0) is 43.0 Å². The molecular formula is C18H22N2O. The van der Waals surface area contributed by atoms with E-state index >= 15 is 0 Å². The predicted octanol–water partition coefficient (Wildman–Crippen LogP) is 3.67. The van der Waals surface area contributed by atoms with Gasteiger partial charge in [-0.15, -0.1) is 0 Å². The van der Waals surface area contributed by atoms with Crippen LogP contribution < -0.4 is 10.1 Å². The summed E-state index contributed by atoms with van der Waals surface area (Å²) >= 11 is 0. The van der Waals surface area contributed by atoms with Crippen molar-refractivity contribution in [1.29, 1.82) is 0 Å². The molecule has 1 unspecified atom stereocenters. The maximum atomic E-state index is 5.49. The van der Waals surface area contributed by atoms with Crippen LogP contribution in [0.25, 0.3) is 0 Å². The lowest BCUT2D eigenvalue weighted by Gasteiger charge is -2.31. The van der Waals surface area contributed by atoms with Gasteiger partial charge in [0.1, 0.15) is 5.75 Å². The third kappa shape index (κ3) is 2.66. The van der Waals surface area contributed by atoms with Crippen LogP contribution in [0.3, 0.4) is 0 Å². The number of hydrogen-bond donors (Lipinski definition) is 1. The van der Waals surface area contributed by atoms with E-state index in [1.807, 2.05) is 19.3 Å². The van der Waals surface area contributed by atoms with Gasteiger partial charge >= 0.3 is 0 Å². The smallest absolute Gasteiger partial charge is 0.142 e. The molecule has 3 rings (SSSR count). The van der Waals surface area contributed by atoms with Gasteiger partial charge in [0.2, 0.25) is 0 Å². The van der Waals surface area contributed by atoms with Crippen LogP contribution in [0.5, 0.6) is 5.75 Å². The van der Waals surface area contributed by atoms with Gasteiger partial charge in [0.15, 0.2) is 0 Å². The van der Waals surface area contributed by atoms with Gasteiger partial charge in [-0.3, -0.25) is 4.98 Å². The molecule has 1 N–H and O–H groups in total. The summed E-state index contributed by atoms with van der Waals surface area (Å²) in [6.07, 6.45) is 7.57. The minimum absolute atomic E-state index is 0.139. The first-order valence-corrected chi connectivity index (χ1v) is 7.59. The highest BCUT2D eigenvalue weighted by molar-refractivity contribution is 5.44. The molecule has 0 amide bonds. The Kier molecular flexibility index (Phi) is 4.20. The summed E-state index contributed by atoms with van der Waals surface area (Å²) < 4.78 is 5.49. The van der Waals surface area contributed by atoms with Gasteiger partial charge in [-0.1, -0.05) is 30.7 Å². The SMILES string of the molecule is CNC(c1ccncc1OC)c1ccccc1C1CCC1. The number of methoxy groups -OCH3 is 1. The lowest BCUT2D eigenvalue weighted by atomic mass is 9.76. The predicted molar refractivity (Wildman–Crippen MR) is 84.7 cm³/mol. The maximum absolute atomic E-state index is 5.49. The highest BCUT2D eigenvalue weighted by Gasteiger charge is 2.26. The molecular weight excluding hydrogens is 260 g/mol. The van der Waals surface area contributed by atoms with E-state index in [0.717, 1.165) is 11.3 Å². The summed E-state index contributed by atoms with van der Waals surface area (Å²) in [5.41, 5.74) is 3.97. The van der Waals surface area contributed by atoms with Gasteiger partial charge in [0, 0.05) is 11.8 Å². The molecule has 1 aliphatic rings. The van der Waals surface area contributed by atoms with Crippen molar-refractivity contribution in [3.63, 3.8) is 0 Å². The van der Waals surface area contributed by atoms with Crippen molar-refractivity contribution in [3.05, 3.63) is 59.4 Å². The Hall–Kier alpha value is -1.87. The Labute approximate surface area is 126 Å². The second-order valence-electron chi connectivity index (χ2n) is 5.60. The highest BCUT2D eigenvalue weighted by Crippen LogP contribution is 2.41. The molecule has 0 saturated heterocycles. The number of nitrogens with one attached hydrogen (secondary N) is 1. The Bertz CT molecular complexity index is 608. The highest BCUT2D eigenvalue weighted by atomic mass is 16.5. The van der Waals surface area contributed by atoms with Crippen molar-refractivity contribution in [2.24, 2.45) is 0 Å². The molecule has 3 heteroatoms. The van der Waals surface area contributed by atoms with Crippen LogP contribution in [-0.2, 0) is 0 Å². The first-order chi connectivity index (χ1) is 10.3. The second-order valence-corrected chi connectivity index (χ2v) is 5.60. The van der Waals surface area contributed by atoms with Crippen LogP contribution in [0.4, 0.5) is 0 Å². The molecule has 0 aliphatic heterocycles. The van der Waals surface area contributed by atoms with Gasteiger partial charge in [0.05, 0.1) is 19.3 Å². The van der Waals surface area contributed by atoms with E-state index in [4.69, 9.17) is 4.74 Å². The molecule has 1 aromatic heterocycles. The standard InChI is InChI=1S/C18H22N2O/c1-19-18(16-10-11-20-12-17(16)21-2)15-9-4-3-8-14(15)13-6-5-7-13/h3-4,8-13,18-19H,5-7H2,1-2H3. The van der Waals surface area contributed by atoms with E-state index in [2.05, 4.69) is 34.6 Å². The van der Waals surface area contributed by atoms with E-state index in [-0.39, 0.29) is 6.04 Å². The number of benzene rings is 1. The van der Waals surface area contributed by atoms with E-state index in [1.165, 1.54) is 30.4 Å². The largest absolute Gasteiger partial charge is 0.495 e. The lowest BCUT2D eigenvalue weighted by Crippen LogP contribution is -2.22. The van der Waals surface area contributed by atoms with Gasteiger partial charge in [-0.2, -0.15) is 0 Å². The molecule has 110 valence electrons. The summed E-state index contributed by atoms with van der Waals surface area (Å²) in [6.45, 7) is 0. The molecule has 3 nitrogen and oxygen atoms in total. The fourth-order valence-electron chi connectivity index (χ4n) is 3.14. The molecule has 21 heavy (non-hydrogen) atoms. The van der Waals surface area contributed by atoms with Crippen LogP contribution in [0.1, 0.15) is 47.9 Å². The van der Waals surface area contributed by atoms with Crippen LogP contribution in [0, 0.1) is 0 Å². The molecule has 0 radical (unpaired) electrons. The molecule has 1 aromatic carbocycles. The molecule has 0 spiro atoms. The molecule has 1 saturated carbocycles. The molecule has 1 heterocycles. The molecule has 1 aliphatic carbocycles. The van der Waals surface area contributed by atoms with Crippen molar-refractivity contribution in [2.75, 3.05) is 14.2 Å².